The van der Waals surface area contributed by atoms with Crippen molar-refractivity contribution in [3.63, 3.8) is 0 Å². The van der Waals surface area contributed by atoms with Crippen molar-refractivity contribution in [3.8, 4) is 0 Å². The minimum absolute atomic E-state index is 0.0276. The molecular weight excluding hydrogens is 388 g/mol. The lowest BCUT2D eigenvalue weighted by atomic mass is 10.0. The highest BCUT2D eigenvalue weighted by Crippen LogP contribution is 2.32. The van der Waals surface area contributed by atoms with Crippen molar-refractivity contribution in [3.05, 3.63) is 70.2 Å². The summed E-state index contributed by atoms with van der Waals surface area (Å²) >= 11 is 5.97. The number of hydrogen-bond donors (Lipinski definition) is 1. The Bertz CT molecular complexity index is 867. The van der Waals surface area contributed by atoms with Crippen LogP contribution in [-0.4, -0.2) is 36.5 Å². The van der Waals surface area contributed by atoms with E-state index < -0.39 is 6.04 Å². The molecule has 29 heavy (non-hydrogen) atoms. The molecule has 1 amide bonds. The zero-order valence-corrected chi connectivity index (χ0v) is 17.8. The largest absolute Gasteiger partial charge is 0.468 e. The molecule has 2 aromatic rings. The van der Waals surface area contributed by atoms with Crippen molar-refractivity contribution in [1.29, 1.82) is 0 Å². The Balaban J connectivity index is 1.84. The Morgan fingerprint density at radius 1 is 1.17 bits per heavy atom. The van der Waals surface area contributed by atoms with Gasteiger partial charge in [-0.1, -0.05) is 55.8 Å². The highest BCUT2D eigenvalue weighted by atomic mass is 35.5. The molecule has 0 saturated heterocycles. The van der Waals surface area contributed by atoms with Crippen LogP contribution in [0.15, 0.2) is 48.5 Å². The average molecular weight is 415 g/mol. The van der Waals surface area contributed by atoms with E-state index in [0.717, 1.165) is 11.1 Å². The van der Waals surface area contributed by atoms with Crippen molar-refractivity contribution >= 4 is 23.5 Å². The summed E-state index contributed by atoms with van der Waals surface area (Å²) in [5, 5.41) is 4.08. The second-order valence-corrected chi connectivity index (χ2v) is 8.17. The number of nitrogens with zero attached hydrogens (tertiary/aromatic N) is 1. The molecule has 0 radical (unpaired) electrons. The van der Waals surface area contributed by atoms with E-state index in [9.17, 15) is 9.59 Å². The quantitative estimate of drug-likeness (QED) is 0.657. The Morgan fingerprint density at radius 2 is 1.86 bits per heavy atom. The molecule has 0 aromatic heterocycles. The lowest BCUT2D eigenvalue weighted by Crippen LogP contribution is -2.46. The first kappa shape index (κ1) is 21.3. The number of esters is 1. The molecule has 0 unspecified atom stereocenters. The fraction of sp³-hybridized carbons (Fsp3) is 0.391. The second-order valence-electron chi connectivity index (χ2n) is 7.74. The van der Waals surface area contributed by atoms with E-state index in [-0.39, 0.29) is 18.0 Å². The van der Waals surface area contributed by atoms with Crippen molar-refractivity contribution in [1.82, 2.24) is 10.2 Å². The van der Waals surface area contributed by atoms with Crippen LogP contribution in [-0.2, 0) is 16.0 Å². The summed E-state index contributed by atoms with van der Waals surface area (Å²) in [5.74, 6) is -0.0325. The first-order valence-corrected chi connectivity index (χ1v) is 10.3. The third-order valence-electron chi connectivity index (χ3n) is 5.16. The maximum atomic E-state index is 13.1. The lowest BCUT2D eigenvalue weighted by Gasteiger charge is -2.30. The summed E-state index contributed by atoms with van der Waals surface area (Å²) in [6, 6.07) is 14.7. The number of methoxy groups -OCH3 is 1. The van der Waals surface area contributed by atoms with Gasteiger partial charge in [-0.2, -0.15) is 0 Å². The molecule has 1 aliphatic rings. The number of fused-ring (bicyclic) bond motifs is 1. The summed E-state index contributed by atoms with van der Waals surface area (Å²) in [7, 11) is 1.39. The van der Waals surface area contributed by atoms with E-state index in [1.807, 2.05) is 48.5 Å². The minimum atomic E-state index is -0.484. The first-order valence-electron chi connectivity index (χ1n) is 9.89. The Hall–Kier alpha value is -2.37. The smallest absolute Gasteiger partial charge is 0.322 e. The maximum Gasteiger partial charge on any atom is 0.322 e. The topological polar surface area (TPSA) is 58.6 Å². The molecule has 2 atom stereocenters. The van der Waals surface area contributed by atoms with E-state index in [1.54, 1.807) is 4.90 Å². The third-order valence-corrected chi connectivity index (χ3v) is 5.42. The fourth-order valence-electron chi connectivity index (χ4n) is 3.72. The van der Waals surface area contributed by atoms with Crippen LogP contribution in [0.1, 0.15) is 47.9 Å². The molecule has 0 bridgehead atoms. The zero-order valence-electron chi connectivity index (χ0n) is 17.0. The van der Waals surface area contributed by atoms with E-state index in [4.69, 9.17) is 16.3 Å². The van der Waals surface area contributed by atoms with Gasteiger partial charge in [-0.25, -0.2) is 0 Å². The molecule has 1 aliphatic heterocycles. The van der Waals surface area contributed by atoms with Crippen molar-refractivity contribution in [2.75, 3.05) is 13.7 Å². The van der Waals surface area contributed by atoms with Gasteiger partial charge in [0.15, 0.2) is 0 Å². The first-order chi connectivity index (χ1) is 13.9. The highest BCUT2D eigenvalue weighted by Gasteiger charge is 2.38. The normalized spacial score (nSPS) is 16.8. The van der Waals surface area contributed by atoms with Crippen molar-refractivity contribution in [2.24, 2.45) is 5.92 Å². The molecule has 5 nitrogen and oxygen atoms in total. The number of nitrogens with one attached hydrogen (secondary N) is 1. The fourth-order valence-corrected chi connectivity index (χ4v) is 3.84. The predicted octanol–water partition coefficient (Wildman–Crippen LogP) is 4.21. The molecule has 3 rings (SSSR count). The molecule has 154 valence electrons. The summed E-state index contributed by atoms with van der Waals surface area (Å²) in [6.07, 6.45) is 0.959. The van der Waals surface area contributed by atoms with Gasteiger partial charge in [0.25, 0.3) is 5.91 Å². The monoisotopic (exact) mass is 414 g/mol. The van der Waals surface area contributed by atoms with Gasteiger partial charge in [-0.05, 0) is 42.5 Å². The van der Waals surface area contributed by atoms with E-state index in [0.29, 0.717) is 35.9 Å². The Labute approximate surface area is 177 Å². The molecule has 2 aromatic carbocycles. The summed E-state index contributed by atoms with van der Waals surface area (Å²) in [4.78, 5) is 27.2. The molecule has 0 fully saturated rings. The van der Waals surface area contributed by atoms with Gasteiger partial charge in [0.1, 0.15) is 12.2 Å². The highest BCUT2D eigenvalue weighted by molar-refractivity contribution is 6.30. The third kappa shape index (κ3) is 4.98. The van der Waals surface area contributed by atoms with Crippen LogP contribution in [0.4, 0.5) is 0 Å². The number of hydrogen-bond acceptors (Lipinski definition) is 4. The summed E-state index contributed by atoms with van der Waals surface area (Å²) < 4.78 is 5.00. The predicted molar refractivity (Wildman–Crippen MR) is 114 cm³/mol. The average Bonchev–Trinajstić information content (AvgIpc) is 2.98. The van der Waals surface area contributed by atoms with Gasteiger partial charge in [0.05, 0.1) is 7.11 Å². The van der Waals surface area contributed by atoms with E-state index in [2.05, 4.69) is 19.2 Å². The van der Waals surface area contributed by atoms with Crippen LogP contribution in [0.2, 0.25) is 5.02 Å². The number of halogens is 1. The minimum Gasteiger partial charge on any atom is -0.468 e. The van der Waals surface area contributed by atoms with Crippen LogP contribution >= 0.6 is 11.6 Å². The van der Waals surface area contributed by atoms with Gasteiger partial charge in [-0.15, -0.1) is 0 Å². The van der Waals surface area contributed by atoms with Crippen LogP contribution in [0.5, 0.6) is 0 Å². The number of rotatable bonds is 8. The summed E-state index contributed by atoms with van der Waals surface area (Å²) in [6.45, 7) is 4.65. The van der Waals surface area contributed by atoms with Crippen LogP contribution in [0, 0.1) is 5.92 Å². The van der Waals surface area contributed by atoms with Gasteiger partial charge in [-0.3, -0.25) is 14.9 Å². The lowest BCUT2D eigenvalue weighted by molar-refractivity contribution is -0.144. The van der Waals surface area contributed by atoms with Crippen LogP contribution < -0.4 is 5.32 Å². The van der Waals surface area contributed by atoms with Crippen molar-refractivity contribution < 1.29 is 14.3 Å². The number of benzene rings is 2. The van der Waals surface area contributed by atoms with Gasteiger partial charge in [0.2, 0.25) is 0 Å². The Kier molecular flexibility index (Phi) is 6.93. The second kappa shape index (κ2) is 9.42. The molecule has 6 heteroatoms. The molecule has 1 heterocycles. The van der Waals surface area contributed by atoms with Gasteiger partial charge < -0.3 is 9.64 Å². The standard InChI is InChI=1S/C23H27ClN2O3/c1-15(2)14-20(23(28)29-3)25-21-18-6-4-5-7-19(18)22(27)26(21)13-12-16-8-10-17(24)11-9-16/h4-11,15,20-21,25H,12-14H2,1-3H3/t20-,21+/m1/s1. The van der Waals surface area contributed by atoms with Gasteiger partial charge >= 0.3 is 5.97 Å². The van der Waals surface area contributed by atoms with Crippen molar-refractivity contribution in [2.45, 2.75) is 38.9 Å². The number of amides is 1. The Morgan fingerprint density at radius 3 is 2.52 bits per heavy atom. The SMILES string of the molecule is COC(=O)[C@@H](CC(C)C)N[C@@H]1c2ccccc2C(=O)N1CCc1ccc(Cl)cc1. The van der Waals surface area contributed by atoms with Crippen LogP contribution in [0.25, 0.3) is 0 Å². The zero-order chi connectivity index (χ0) is 21.0. The molecular formula is C23H27ClN2O3. The molecule has 0 aliphatic carbocycles. The molecule has 0 saturated carbocycles. The number of carbonyl (C=O) groups excluding carboxylic acids is 2. The summed E-state index contributed by atoms with van der Waals surface area (Å²) in [5.41, 5.74) is 2.67. The number of ether oxygens (including phenoxy) is 1. The van der Waals surface area contributed by atoms with E-state index >= 15 is 0 Å². The maximum absolute atomic E-state index is 13.1. The molecule has 1 N–H and O–H groups in total. The van der Waals surface area contributed by atoms with Crippen LogP contribution in [0.3, 0.4) is 0 Å². The van der Waals surface area contributed by atoms with E-state index in [1.165, 1.54) is 7.11 Å². The molecule has 0 spiro atoms. The van der Waals surface area contributed by atoms with Gasteiger partial charge in [0, 0.05) is 22.7 Å². The number of carbonyl (C=O) groups is 2.